The summed E-state index contributed by atoms with van der Waals surface area (Å²) >= 11 is 0. The number of hydrogen-bond donors (Lipinski definition) is 0. The minimum absolute atomic E-state index is 0.133. The van der Waals surface area contributed by atoms with Crippen molar-refractivity contribution in [2.24, 2.45) is 5.92 Å². The van der Waals surface area contributed by atoms with E-state index in [0.717, 1.165) is 26.2 Å². The van der Waals surface area contributed by atoms with Gasteiger partial charge in [0.05, 0.1) is 12.0 Å². The lowest BCUT2D eigenvalue weighted by atomic mass is 9.96. The molecular weight excluding hydrogens is 336 g/mol. The van der Waals surface area contributed by atoms with Crippen molar-refractivity contribution in [1.29, 1.82) is 0 Å². The molecule has 1 saturated heterocycles. The summed E-state index contributed by atoms with van der Waals surface area (Å²) in [5.41, 5.74) is 2.61. The molecule has 2 aliphatic rings. The predicted octanol–water partition coefficient (Wildman–Crippen LogP) is 2.94. The van der Waals surface area contributed by atoms with Crippen LogP contribution in [0.4, 0.5) is 0 Å². The molecule has 4 rings (SSSR count). The molecule has 1 aliphatic carbocycles. The summed E-state index contributed by atoms with van der Waals surface area (Å²) in [4.78, 5) is 28.7. The molecule has 4 nitrogen and oxygen atoms in total. The van der Waals surface area contributed by atoms with Gasteiger partial charge in [0, 0.05) is 45.6 Å². The highest BCUT2D eigenvalue weighted by atomic mass is 16.2. The minimum atomic E-state index is -0.379. The summed E-state index contributed by atoms with van der Waals surface area (Å²) in [6.45, 7) is 4.26. The van der Waals surface area contributed by atoms with Crippen LogP contribution in [0.25, 0.3) is 0 Å². The Kier molecular flexibility index (Phi) is 5.46. The van der Waals surface area contributed by atoms with E-state index in [-0.39, 0.29) is 23.5 Å². The molecule has 0 N–H and O–H groups in total. The number of nitrogens with zero attached hydrogens (tertiary/aromatic N) is 2. The quantitative estimate of drug-likeness (QED) is 0.767. The molecule has 1 saturated carbocycles. The van der Waals surface area contributed by atoms with E-state index >= 15 is 0 Å². The van der Waals surface area contributed by atoms with E-state index in [1.54, 1.807) is 0 Å². The Hall–Kier alpha value is -2.30. The minimum Gasteiger partial charge on any atom is -0.300 e. The molecule has 1 aliphatic heterocycles. The molecule has 0 aromatic heterocycles. The van der Waals surface area contributed by atoms with Crippen LogP contribution >= 0.6 is 0 Å². The Balaban J connectivity index is 1.46. The zero-order chi connectivity index (χ0) is 18.6. The molecule has 140 valence electrons. The second-order valence-corrected chi connectivity index (χ2v) is 7.55. The van der Waals surface area contributed by atoms with Gasteiger partial charge in [-0.15, -0.1) is 0 Å². The number of piperazine rings is 1. The monoisotopic (exact) mass is 362 g/mol. The third-order valence-electron chi connectivity index (χ3n) is 5.84. The Morgan fingerprint density at radius 3 is 1.70 bits per heavy atom. The lowest BCUT2D eigenvalue weighted by Crippen LogP contribution is -2.49. The van der Waals surface area contributed by atoms with Gasteiger partial charge in [0.2, 0.25) is 0 Å². The molecule has 0 bridgehead atoms. The van der Waals surface area contributed by atoms with Crippen molar-refractivity contribution >= 4 is 11.6 Å². The van der Waals surface area contributed by atoms with Gasteiger partial charge < -0.3 is 0 Å². The van der Waals surface area contributed by atoms with Crippen LogP contribution in [0.5, 0.6) is 0 Å². The van der Waals surface area contributed by atoms with Gasteiger partial charge in [-0.3, -0.25) is 19.4 Å². The number of Topliss-reactive ketones (excluding diaryl/α,β-unsaturated/α-hetero) is 2. The first kappa shape index (κ1) is 18.1. The van der Waals surface area contributed by atoms with E-state index in [4.69, 9.17) is 0 Å². The van der Waals surface area contributed by atoms with Crippen LogP contribution in [0.15, 0.2) is 60.7 Å². The summed E-state index contributed by atoms with van der Waals surface area (Å²) in [5.74, 6) is -0.113. The van der Waals surface area contributed by atoms with E-state index < -0.39 is 0 Å². The molecule has 0 unspecified atom stereocenters. The SMILES string of the molecule is O=C1CCC(=O)C1CN1CCN(C(c2ccccc2)c2ccccc2)CC1. The van der Waals surface area contributed by atoms with E-state index in [0.29, 0.717) is 19.4 Å². The van der Waals surface area contributed by atoms with Gasteiger partial charge >= 0.3 is 0 Å². The third kappa shape index (κ3) is 4.02. The maximum Gasteiger partial charge on any atom is 0.145 e. The maximum atomic E-state index is 11.9. The fourth-order valence-corrected chi connectivity index (χ4v) is 4.33. The number of carbonyl (C=O) groups excluding carboxylic acids is 2. The molecule has 27 heavy (non-hydrogen) atoms. The molecule has 4 heteroatoms. The normalized spacial score (nSPS) is 19.9. The summed E-state index contributed by atoms with van der Waals surface area (Å²) in [7, 11) is 0. The molecular formula is C23H26N2O2. The van der Waals surface area contributed by atoms with Crippen molar-refractivity contribution in [2.45, 2.75) is 18.9 Å². The standard InChI is InChI=1S/C23H26N2O2/c26-21-11-12-22(27)20(21)17-24-13-15-25(16-14-24)23(18-7-3-1-4-8-18)19-9-5-2-6-10-19/h1-10,20,23H,11-17H2. The first-order chi connectivity index (χ1) is 13.2. The third-order valence-corrected chi connectivity index (χ3v) is 5.84. The van der Waals surface area contributed by atoms with E-state index in [1.165, 1.54) is 11.1 Å². The largest absolute Gasteiger partial charge is 0.300 e. The molecule has 0 spiro atoms. The first-order valence-corrected chi connectivity index (χ1v) is 9.84. The highest BCUT2D eigenvalue weighted by Crippen LogP contribution is 2.29. The summed E-state index contributed by atoms with van der Waals surface area (Å²) < 4.78 is 0. The fourth-order valence-electron chi connectivity index (χ4n) is 4.33. The Morgan fingerprint density at radius 2 is 1.22 bits per heavy atom. The van der Waals surface area contributed by atoms with Crippen LogP contribution in [-0.4, -0.2) is 54.1 Å². The summed E-state index contributed by atoms with van der Waals surface area (Å²) in [5, 5.41) is 0. The zero-order valence-corrected chi connectivity index (χ0v) is 15.6. The maximum absolute atomic E-state index is 11.9. The van der Waals surface area contributed by atoms with Crippen molar-refractivity contribution in [3.63, 3.8) is 0 Å². The van der Waals surface area contributed by atoms with Crippen LogP contribution in [0.1, 0.15) is 30.0 Å². The highest BCUT2D eigenvalue weighted by Gasteiger charge is 2.35. The second kappa shape index (κ2) is 8.15. The Labute approximate surface area is 160 Å². The topological polar surface area (TPSA) is 40.6 Å². The Morgan fingerprint density at radius 1 is 0.741 bits per heavy atom. The van der Waals surface area contributed by atoms with Crippen LogP contribution in [0.2, 0.25) is 0 Å². The van der Waals surface area contributed by atoms with Gasteiger partial charge in [-0.1, -0.05) is 60.7 Å². The molecule has 0 amide bonds. The first-order valence-electron chi connectivity index (χ1n) is 9.84. The van der Waals surface area contributed by atoms with E-state index in [2.05, 4.69) is 70.5 Å². The van der Waals surface area contributed by atoms with Gasteiger partial charge in [-0.25, -0.2) is 0 Å². The fraction of sp³-hybridized carbons (Fsp3) is 0.391. The average Bonchev–Trinajstić information content (AvgIpc) is 3.03. The van der Waals surface area contributed by atoms with Crippen LogP contribution in [-0.2, 0) is 9.59 Å². The zero-order valence-electron chi connectivity index (χ0n) is 15.6. The molecule has 0 radical (unpaired) electrons. The molecule has 2 aromatic rings. The number of benzene rings is 2. The molecule has 2 fully saturated rings. The van der Waals surface area contributed by atoms with Gasteiger partial charge in [0.1, 0.15) is 11.6 Å². The van der Waals surface area contributed by atoms with Crippen LogP contribution in [0, 0.1) is 5.92 Å². The van der Waals surface area contributed by atoms with Crippen molar-refractivity contribution in [1.82, 2.24) is 9.80 Å². The average molecular weight is 362 g/mol. The van der Waals surface area contributed by atoms with Crippen molar-refractivity contribution < 1.29 is 9.59 Å². The van der Waals surface area contributed by atoms with Crippen molar-refractivity contribution in [3.8, 4) is 0 Å². The van der Waals surface area contributed by atoms with E-state index in [9.17, 15) is 9.59 Å². The lowest BCUT2D eigenvalue weighted by molar-refractivity contribution is -0.128. The van der Waals surface area contributed by atoms with Gasteiger partial charge in [0.15, 0.2) is 0 Å². The smallest absolute Gasteiger partial charge is 0.145 e. The molecule has 1 heterocycles. The van der Waals surface area contributed by atoms with Crippen LogP contribution < -0.4 is 0 Å². The van der Waals surface area contributed by atoms with E-state index in [1.807, 2.05) is 0 Å². The van der Waals surface area contributed by atoms with Gasteiger partial charge in [0.25, 0.3) is 0 Å². The van der Waals surface area contributed by atoms with Crippen molar-refractivity contribution in [2.75, 3.05) is 32.7 Å². The molecule has 2 aromatic carbocycles. The highest BCUT2D eigenvalue weighted by molar-refractivity contribution is 6.08. The number of hydrogen-bond acceptors (Lipinski definition) is 4. The van der Waals surface area contributed by atoms with Crippen LogP contribution in [0.3, 0.4) is 0 Å². The lowest BCUT2D eigenvalue weighted by Gasteiger charge is -2.40. The number of rotatable bonds is 5. The predicted molar refractivity (Wildman–Crippen MR) is 105 cm³/mol. The summed E-state index contributed by atoms with van der Waals surface area (Å²) in [6.07, 6.45) is 0.876. The summed E-state index contributed by atoms with van der Waals surface area (Å²) in [6, 6.07) is 21.5. The van der Waals surface area contributed by atoms with Gasteiger partial charge in [-0.2, -0.15) is 0 Å². The second-order valence-electron chi connectivity index (χ2n) is 7.55. The molecule has 0 atom stereocenters. The van der Waals surface area contributed by atoms with Gasteiger partial charge in [-0.05, 0) is 11.1 Å². The Bertz CT molecular complexity index is 727. The number of ketones is 2. The number of carbonyl (C=O) groups is 2. The van der Waals surface area contributed by atoms with Crippen molar-refractivity contribution in [3.05, 3.63) is 71.8 Å².